The van der Waals surface area contributed by atoms with Crippen LogP contribution in [0.2, 0.25) is 0 Å². The van der Waals surface area contributed by atoms with Crippen molar-refractivity contribution in [2.24, 2.45) is 0 Å². The van der Waals surface area contributed by atoms with E-state index in [0.717, 1.165) is 37.1 Å². The summed E-state index contributed by atoms with van der Waals surface area (Å²) in [6.45, 7) is -1.12. The molecule has 3 rings (SSSR count). The van der Waals surface area contributed by atoms with Crippen molar-refractivity contribution in [3.63, 3.8) is 0 Å². The van der Waals surface area contributed by atoms with Crippen LogP contribution < -0.4 is 9.46 Å². The van der Waals surface area contributed by atoms with Crippen molar-refractivity contribution in [2.75, 3.05) is 19.8 Å². The number of carbonyl (C=O) groups excluding carboxylic acids is 1. The highest BCUT2D eigenvalue weighted by Gasteiger charge is 2.31. The molecular formula is C23H23F6NO5S. The Balaban J connectivity index is 1.82. The smallest absolute Gasteiger partial charge is 0.416 e. The first-order chi connectivity index (χ1) is 16.7. The summed E-state index contributed by atoms with van der Waals surface area (Å²) in [5.74, 6) is -0.424. The maximum absolute atomic E-state index is 13.0. The van der Waals surface area contributed by atoms with Crippen LogP contribution in [-0.2, 0) is 38.6 Å². The van der Waals surface area contributed by atoms with Crippen LogP contribution in [0.5, 0.6) is 5.75 Å². The normalized spacial score (nSPS) is 16.8. The van der Waals surface area contributed by atoms with E-state index in [1.807, 2.05) is 0 Å². The summed E-state index contributed by atoms with van der Waals surface area (Å²) < 4.78 is 114. The number of Topliss-reactive ketones (excluding diaryl/α,β-unsaturated/α-hetero) is 1. The van der Waals surface area contributed by atoms with E-state index in [9.17, 15) is 39.6 Å². The number of sulfonamides is 1. The Morgan fingerprint density at radius 1 is 1.06 bits per heavy atom. The number of nitrogens with one attached hydrogen (secondary N) is 1. The molecule has 0 radical (unpaired) electrons. The fraction of sp³-hybridized carbons (Fsp3) is 0.435. The predicted molar refractivity (Wildman–Crippen MR) is 116 cm³/mol. The zero-order valence-electron chi connectivity index (χ0n) is 18.8. The van der Waals surface area contributed by atoms with Crippen LogP contribution in [-0.4, -0.2) is 46.2 Å². The van der Waals surface area contributed by atoms with Crippen molar-refractivity contribution in [3.05, 3.63) is 59.2 Å². The number of ether oxygens (including phenoxy) is 2. The van der Waals surface area contributed by atoms with Crippen LogP contribution in [0.15, 0.2) is 47.4 Å². The number of ketones is 1. The topological polar surface area (TPSA) is 81.7 Å². The van der Waals surface area contributed by atoms with Gasteiger partial charge in [-0.15, -0.1) is 0 Å². The van der Waals surface area contributed by atoms with Crippen molar-refractivity contribution in [2.45, 2.75) is 49.0 Å². The van der Waals surface area contributed by atoms with E-state index in [1.165, 1.54) is 22.9 Å². The molecule has 13 heteroatoms. The third-order valence-corrected chi connectivity index (χ3v) is 6.70. The van der Waals surface area contributed by atoms with Crippen molar-refractivity contribution in [3.8, 4) is 5.75 Å². The van der Waals surface area contributed by atoms with Crippen LogP contribution in [0.3, 0.4) is 0 Å². The minimum absolute atomic E-state index is 0.0693. The molecule has 1 unspecified atom stereocenters. The minimum atomic E-state index is -4.78. The molecule has 6 nitrogen and oxygen atoms in total. The van der Waals surface area contributed by atoms with E-state index in [-0.39, 0.29) is 36.0 Å². The first-order valence-electron chi connectivity index (χ1n) is 10.8. The van der Waals surface area contributed by atoms with Gasteiger partial charge in [-0.1, -0.05) is 18.2 Å². The number of hydrogen-bond acceptors (Lipinski definition) is 5. The third-order valence-electron chi connectivity index (χ3n) is 5.30. The van der Waals surface area contributed by atoms with Gasteiger partial charge in [0.25, 0.3) is 0 Å². The SMILES string of the molecule is O=C(Cc1cccc(C(F)(F)F)c1)Cc1cc(S(=O)(=O)NCC(F)(F)F)ccc1OCC1CCCO1. The van der Waals surface area contributed by atoms with Crippen molar-refractivity contribution < 1.29 is 49.0 Å². The highest BCUT2D eigenvalue weighted by molar-refractivity contribution is 7.89. The molecule has 1 atom stereocenters. The molecule has 1 heterocycles. The van der Waals surface area contributed by atoms with Gasteiger partial charge in [-0.2, -0.15) is 26.3 Å². The highest BCUT2D eigenvalue weighted by atomic mass is 32.2. The standard InChI is InChI=1S/C23H23F6NO5S/c24-22(25,26)14-30-36(32,33)20-6-7-21(35-13-19-5-2-8-34-19)16(12-20)11-18(31)10-15-3-1-4-17(9-15)23(27,28)29/h1,3-4,6-7,9,12,19,30H,2,5,8,10-11,13-14H2. The van der Waals surface area contributed by atoms with E-state index in [4.69, 9.17) is 9.47 Å². The van der Waals surface area contributed by atoms with E-state index in [1.54, 1.807) is 0 Å². The Kier molecular flexibility index (Phi) is 8.67. The van der Waals surface area contributed by atoms with Crippen LogP contribution in [0.1, 0.15) is 29.5 Å². The minimum Gasteiger partial charge on any atom is -0.491 e. The lowest BCUT2D eigenvalue weighted by molar-refractivity contribution is -0.137. The first-order valence-corrected chi connectivity index (χ1v) is 12.3. The van der Waals surface area contributed by atoms with E-state index in [2.05, 4.69) is 0 Å². The number of alkyl halides is 6. The van der Waals surface area contributed by atoms with Gasteiger partial charge in [0.1, 0.15) is 24.7 Å². The molecule has 36 heavy (non-hydrogen) atoms. The Labute approximate surface area is 203 Å². The second-order valence-electron chi connectivity index (χ2n) is 8.25. The summed E-state index contributed by atoms with van der Waals surface area (Å²) in [6, 6.07) is 7.52. The molecule has 0 saturated carbocycles. The van der Waals surface area contributed by atoms with Crippen molar-refractivity contribution >= 4 is 15.8 Å². The Morgan fingerprint density at radius 2 is 1.81 bits per heavy atom. The average Bonchev–Trinajstić information content (AvgIpc) is 3.30. The molecule has 0 aromatic heterocycles. The Morgan fingerprint density at radius 3 is 2.44 bits per heavy atom. The van der Waals surface area contributed by atoms with Crippen LogP contribution >= 0.6 is 0 Å². The van der Waals surface area contributed by atoms with Gasteiger partial charge in [-0.3, -0.25) is 4.79 Å². The lowest BCUT2D eigenvalue weighted by atomic mass is 10.0. The monoisotopic (exact) mass is 539 g/mol. The fourth-order valence-electron chi connectivity index (χ4n) is 3.58. The van der Waals surface area contributed by atoms with Gasteiger partial charge in [0.15, 0.2) is 0 Å². The van der Waals surface area contributed by atoms with Crippen molar-refractivity contribution in [1.82, 2.24) is 4.72 Å². The summed E-state index contributed by atoms with van der Waals surface area (Å²) in [5.41, 5.74) is -0.746. The van der Waals surface area contributed by atoms with Gasteiger partial charge < -0.3 is 9.47 Å². The molecule has 2 aromatic carbocycles. The molecule has 0 spiro atoms. The van der Waals surface area contributed by atoms with Gasteiger partial charge in [-0.25, -0.2) is 13.1 Å². The summed E-state index contributed by atoms with van der Waals surface area (Å²) >= 11 is 0. The van der Waals surface area contributed by atoms with Gasteiger partial charge in [0.2, 0.25) is 10.0 Å². The first kappa shape index (κ1) is 27.9. The molecule has 1 saturated heterocycles. The summed E-state index contributed by atoms with van der Waals surface area (Å²) in [7, 11) is -4.57. The van der Waals surface area contributed by atoms with E-state index in [0.29, 0.717) is 6.61 Å². The lowest BCUT2D eigenvalue weighted by Crippen LogP contribution is -2.33. The molecule has 0 bridgehead atoms. The third kappa shape index (κ3) is 8.20. The van der Waals surface area contributed by atoms with Crippen LogP contribution in [0, 0.1) is 0 Å². The zero-order valence-corrected chi connectivity index (χ0v) is 19.6. The molecule has 0 amide bonds. The second-order valence-corrected chi connectivity index (χ2v) is 10.0. The van der Waals surface area contributed by atoms with Crippen molar-refractivity contribution in [1.29, 1.82) is 0 Å². The zero-order chi connectivity index (χ0) is 26.6. The number of rotatable bonds is 10. The molecule has 0 aliphatic carbocycles. The number of benzene rings is 2. The summed E-state index contributed by atoms with van der Waals surface area (Å²) in [6.07, 6.45) is -8.81. The van der Waals surface area contributed by atoms with Gasteiger partial charge in [0.05, 0.1) is 16.6 Å². The number of carbonyl (C=O) groups is 1. The fourth-order valence-corrected chi connectivity index (χ4v) is 4.65. The maximum atomic E-state index is 13.0. The van der Waals surface area contributed by atoms with E-state index >= 15 is 0 Å². The molecule has 1 aliphatic heterocycles. The molecule has 198 valence electrons. The molecule has 1 fully saturated rings. The van der Waals surface area contributed by atoms with E-state index < -0.39 is 51.6 Å². The lowest BCUT2D eigenvalue weighted by Gasteiger charge is -2.16. The summed E-state index contributed by atoms with van der Waals surface area (Å²) in [4.78, 5) is 12.2. The van der Waals surface area contributed by atoms with Crippen LogP contribution in [0.25, 0.3) is 0 Å². The molecule has 1 aliphatic rings. The van der Waals surface area contributed by atoms with Gasteiger partial charge in [-0.05, 0) is 42.7 Å². The quantitative estimate of drug-likeness (QED) is 0.451. The number of hydrogen-bond donors (Lipinski definition) is 1. The number of halogens is 6. The predicted octanol–water partition coefficient (Wildman–Crippen LogP) is 4.46. The second kappa shape index (κ2) is 11.2. The summed E-state index contributed by atoms with van der Waals surface area (Å²) in [5, 5.41) is 0. The molecular weight excluding hydrogens is 516 g/mol. The maximum Gasteiger partial charge on any atom is 0.416 e. The highest BCUT2D eigenvalue weighted by Crippen LogP contribution is 2.30. The van der Waals surface area contributed by atoms with Gasteiger partial charge >= 0.3 is 12.4 Å². The Hall–Kier alpha value is -2.64. The van der Waals surface area contributed by atoms with Crippen LogP contribution in [0.4, 0.5) is 26.3 Å². The van der Waals surface area contributed by atoms with Gasteiger partial charge in [0, 0.05) is 25.0 Å². The largest absolute Gasteiger partial charge is 0.491 e. The molecule has 1 N–H and O–H groups in total. The molecule has 2 aromatic rings. The average molecular weight is 539 g/mol. The Bertz CT molecular complexity index is 1170.